The van der Waals surface area contributed by atoms with E-state index in [1.54, 1.807) is 6.92 Å². The van der Waals surface area contributed by atoms with E-state index >= 15 is 0 Å². The predicted molar refractivity (Wildman–Crippen MR) is 68.8 cm³/mol. The van der Waals surface area contributed by atoms with Crippen LogP contribution in [0, 0.1) is 6.92 Å². The second-order valence-electron chi connectivity index (χ2n) is 3.95. The van der Waals surface area contributed by atoms with Gasteiger partial charge in [0.2, 0.25) is 0 Å². The second-order valence-corrected chi connectivity index (χ2v) is 5.92. The Balaban J connectivity index is 2.30. The first-order valence-electron chi connectivity index (χ1n) is 5.52. The average molecular weight is 287 g/mol. The first-order valence-corrected chi connectivity index (χ1v) is 7.34. The summed E-state index contributed by atoms with van der Waals surface area (Å²) in [4.78, 5) is 25.5. The molecule has 1 aliphatic heterocycles. The lowest BCUT2D eigenvalue weighted by Crippen LogP contribution is -2.45. The highest BCUT2D eigenvalue weighted by molar-refractivity contribution is 8.00. The number of aryl methyl sites for hydroxylation is 1. The van der Waals surface area contributed by atoms with E-state index in [1.165, 1.54) is 16.7 Å². The largest absolute Gasteiger partial charge is 0.480 e. The molecule has 0 spiro atoms. The van der Waals surface area contributed by atoms with Crippen LogP contribution in [0.5, 0.6) is 0 Å². The van der Waals surface area contributed by atoms with Crippen molar-refractivity contribution in [2.45, 2.75) is 31.7 Å². The maximum absolute atomic E-state index is 12.4. The highest BCUT2D eigenvalue weighted by atomic mass is 32.2. The van der Waals surface area contributed by atoms with Gasteiger partial charge in [0.25, 0.3) is 5.91 Å². The number of hydrogen-bond donors (Lipinski definition) is 1. The van der Waals surface area contributed by atoms with Crippen molar-refractivity contribution in [1.82, 2.24) is 14.5 Å². The summed E-state index contributed by atoms with van der Waals surface area (Å²) < 4.78 is 3.72. The van der Waals surface area contributed by atoms with Crippen LogP contribution < -0.4 is 0 Å². The molecule has 1 saturated heterocycles. The van der Waals surface area contributed by atoms with E-state index < -0.39 is 12.0 Å². The maximum Gasteiger partial charge on any atom is 0.327 e. The van der Waals surface area contributed by atoms with Gasteiger partial charge in [-0.1, -0.05) is 11.4 Å². The maximum atomic E-state index is 12.4. The van der Waals surface area contributed by atoms with Crippen molar-refractivity contribution in [2.75, 3.05) is 5.75 Å². The smallest absolute Gasteiger partial charge is 0.327 e. The van der Waals surface area contributed by atoms with E-state index in [-0.39, 0.29) is 11.3 Å². The first-order chi connectivity index (χ1) is 8.56. The summed E-state index contributed by atoms with van der Waals surface area (Å²) in [6, 6.07) is -0.756. The molecule has 1 N–H and O–H groups in total. The molecule has 6 nitrogen and oxygen atoms in total. The van der Waals surface area contributed by atoms with Crippen LogP contribution in [0.2, 0.25) is 0 Å². The number of carboxylic acids is 1. The summed E-state index contributed by atoms with van der Waals surface area (Å²) >= 11 is 2.52. The van der Waals surface area contributed by atoms with E-state index in [4.69, 9.17) is 0 Å². The highest BCUT2D eigenvalue weighted by Crippen LogP contribution is 2.33. The number of carbonyl (C=O) groups excluding carboxylic acids is 1. The number of nitrogens with zero attached hydrogens (tertiary/aromatic N) is 3. The number of aromatic nitrogens is 2. The summed E-state index contributed by atoms with van der Waals surface area (Å²) in [5.74, 6) is -0.793. The Hall–Kier alpha value is -1.15. The van der Waals surface area contributed by atoms with Crippen molar-refractivity contribution < 1.29 is 14.7 Å². The predicted octanol–water partition coefficient (Wildman–Crippen LogP) is 1.22. The summed E-state index contributed by atoms with van der Waals surface area (Å²) in [6.07, 6.45) is 0.728. The van der Waals surface area contributed by atoms with Crippen molar-refractivity contribution in [2.24, 2.45) is 0 Å². The molecule has 2 atom stereocenters. The van der Waals surface area contributed by atoms with E-state index in [2.05, 4.69) is 9.59 Å². The van der Waals surface area contributed by atoms with Gasteiger partial charge in [-0.25, -0.2) is 4.79 Å². The molecule has 2 rings (SSSR count). The molecule has 1 aliphatic rings. The minimum atomic E-state index is -0.957. The average Bonchev–Trinajstić information content (AvgIpc) is 2.93. The number of rotatable bonds is 3. The van der Waals surface area contributed by atoms with Gasteiger partial charge in [0.1, 0.15) is 10.9 Å². The van der Waals surface area contributed by atoms with Gasteiger partial charge >= 0.3 is 5.97 Å². The summed E-state index contributed by atoms with van der Waals surface area (Å²) in [5, 5.41) is 12.9. The van der Waals surface area contributed by atoms with Gasteiger partial charge in [-0.05, 0) is 24.9 Å². The Labute approximate surface area is 113 Å². The van der Waals surface area contributed by atoms with Gasteiger partial charge in [-0.15, -0.1) is 16.9 Å². The molecule has 1 amide bonds. The monoisotopic (exact) mass is 287 g/mol. The fourth-order valence-electron chi connectivity index (χ4n) is 1.89. The van der Waals surface area contributed by atoms with Crippen molar-refractivity contribution in [3.63, 3.8) is 0 Å². The summed E-state index contributed by atoms with van der Waals surface area (Å²) in [6.45, 7) is 3.65. The SMILES string of the molecule is CCC1SCC(C(=O)O)N1C(=O)c1snnc1C. The van der Waals surface area contributed by atoms with Crippen LogP contribution >= 0.6 is 23.3 Å². The van der Waals surface area contributed by atoms with Crippen molar-refractivity contribution >= 4 is 35.2 Å². The minimum Gasteiger partial charge on any atom is -0.480 e. The standard InChI is InChI=1S/C10H13N3O3S2/c1-3-7-13(6(4-17-7)10(15)16)9(14)8-5(2)11-12-18-8/h6-7H,3-4H2,1-2H3,(H,15,16). The topological polar surface area (TPSA) is 83.4 Å². The van der Waals surface area contributed by atoms with Crippen LogP contribution in [0.15, 0.2) is 0 Å². The van der Waals surface area contributed by atoms with Gasteiger partial charge in [0, 0.05) is 5.75 Å². The third kappa shape index (κ3) is 2.22. The van der Waals surface area contributed by atoms with Crippen LogP contribution in [-0.2, 0) is 4.79 Å². The van der Waals surface area contributed by atoms with Gasteiger partial charge in [-0.2, -0.15) is 0 Å². The van der Waals surface area contributed by atoms with E-state index in [0.29, 0.717) is 16.3 Å². The molecule has 1 aromatic heterocycles. The Morgan fingerprint density at radius 3 is 2.78 bits per heavy atom. The molecule has 18 heavy (non-hydrogen) atoms. The van der Waals surface area contributed by atoms with Gasteiger partial charge < -0.3 is 10.0 Å². The normalized spacial score (nSPS) is 23.3. The van der Waals surface area contributed by atoms with Crippen LogP contribution in [0.3, 0.4) is 0 Å². The van der Waals surface area contributed by atoms with Crippen LogP contribution in [0.25, 0.3) is 0 Å². The van der Waals surface area contributed by atoms with Crippen LogP contribution in [0.4, 0.5) is 0 Å². The third-order valence-corrected chi connectivity index (χ3v) is 5.08. The minimum absolute atomic E-state index is 0.0832. The Bertz CT molecular complexity index is 477. The molecule has 2 unspecified atom stereocenters. The van der Waals surface area contributed by atoms with Crippen LogP contribution in [0.1, 0.15) is 28.7 Å². The fraction of sp³-hybridized carbons (Fsp3) is 0.600. The van der Waals surface area contributed by atoms with Crippen molar-refractivity contribution in [3.8, 4) is 0 Å². The second kappa shape index (κ2) is 5.23. The molecule has 0 aliphatic carbocycles. The molecule has 98 valence electrons. The zero-order valence-electron chi connectivity index (χ0n) is 9.99. The summed E-state index contributed by atoms with van der Waals surface area (Å²) in [7, 11) is 0. The molecule has 0 saturated carbocycles. The number of hydrogen-bond acceptors (Lipinski definition) is 6. The van der Waals surface area contributed by atoms with Crippen molar-refractivity contribution in [1.29, 1.82) is 0 Å². The first kappa shape index (κ1) is 13.3. The lowest BCUT2D eigenvalue weighted by molar-refractivity contribution is -0.141. The number of carboxylic acid groups (broad SMARTS) is 1. The highest BCUT2D eigenvalue weighted by Gasteiger charge is 2.42. The third-order valence-electron chi connectivity index (χ3n) is 2.81. The Kier molecular flexibility index (Phi) is 3.86. The number of thioether (sulfide) groups is 1. The Morgan fingerprint density at radius 2 is 2.28 bits per heavy atom. The van der Waals surface area contributed by atoms with Gasteiger partial charge in [0.05, 0.1) is 11.1 Å². The molecule has 1 fully saturated rings. The zero-order valence-corrected chi connectivity index (χ0v) is 11.6. The van der Waals surface area contributed by atoms with Crippen molar-refractivity contribution in [3.05, 3.63) is 10.6 Å². The van der Waals surface area contributed by atoms with E-state index in [0.717, 1.165) is 18.0 Å². The van der Waals surface area contributed by atoms with E-state index in [1.807, 2.05) is 6.92 Å². The number of aliphatic carboxylic acids is 1. The van der Waals surface area contributed by atoms with Gasteiger partial charge in [0.15, 0.2) is 0 Å². The lowest BCUT2D eigenvalue weighted by Gasteiger charge is -2.25. The number of carbonyl (C=O) groups is 2. The zero-order chi connectivity index (χ0) is 13.3. The number of amides is 1. The molecular weight excluding hydrogens is 274 g/mol. The lowest BCUT2D eigenvalue weighted by atomic mass is 10.2. The molecular formula is C10H13N3O3S2. The molecule has 8 heteroatoms. The Morgan fingerprint density at radius 1 is 1.56 bits per heavy atom. The van der Waals surface area contributed by atoms with Crippen LogP contribution in [-0.4, -0.2) is 48.6 Å². The molecule has 2 heterocycles. The molecule has 0 radical (unpaired) electrons. The molecule has 1 aromatic rings. The fourth-order valence-corrected chi connectivity index (χ4v) is 3.83. The van der Waals surface area contributed by atoms with Gasteiger partial charge in [-0.3, -0.25) is 4.79 Å². The van der Waals surface area contributed by atoms with E-state index in [9.17, 15) is 14.7 Å². The molecule has 0 aromatic carbocycles. The molecule has 0 bridgehead atoms. The summed E-state index contributed by atoms with van der Waals surface area (Å²) in [5.41, 5.74) is 0.556. The quantitative estimate of drug-likeness (QED) is 0.900.